The first-order valence-electron chi connectivity index (χ1n) is 9.38. The van der Waals surface area contributed by atoms with E-state index in [2.05, 4.69) is 20.0 Å². The monoisotopic (exact) mass is 355 g/mol. The Labute approximate surface area is 153 Å². The molecule has 0 spiro atoms. The van der Waals surface area contributed by atoms with Crippen LogP contribution >= 0.6 is 0 Å². The van der Waals surface area contributed by atoms with Crippen molar-refractivity contribution in [3.8, 4) is 11.5 Å². The number of aromatic nitrogens is 2. The van der Waals surface area contributed by atoms with E-state index in [9.17, 15) is 4.79 Å². The summed E-state index contributed by atoms with van der Waals surface area (Å²) in [4.78, 5) is 18.8. The van der Waals surface area contributed by atoms with E-state index in [1.54, 1.807) is 0 Å². The van der Waals surface area contributed by atoms with Crippen LogP contribution in [0.5, 0.6) is 0 Å². The summed E-state index contributed by atoms with van der Waals surface area (Å²) in [5, 5.41) is 8.32. The number of hydrogen-bond donors (Lipinski definition) is 0. The summed E-state index contributed by atoms with van der Waals surface area (Å²) in [5.74, 6) is 1.49. The lowest BCUT2D eigenvalue weighted by atomic mass is 10.2. The predicted molar refractivity (Wildman–Crippen MR) is 97.3 cm³/mol. The van der Waals surface area contributed by atoms with E-state index in [4.69, 9.17) is 4.42 Å². The van der Waals surface area contributed by atoms with Gasteiger partial charge in [0, 0.05) is 44.8 Å². The maximum absolute atomic E-state index is 12.3. The third kappa shape index (κ3) is 4.11. The van der Waals surface area contributed by atoms with E-state index in [0.717, 1.165) is 57.7 Å². The van der Waals surface area contributed by atoms with Gasteiger partial charge in [0.2, 0.25) is 17.7 Å². The van der Waals surface area contributed by atoms with Crippen molar-refractivity contribution in [1.29, 1.82) is 0 Å². The Bertz CT molecular complexity index is 719. The van der Waals surface area contributed by atoms with E-state index in [-0.39, 0.29) is 5.91 Å². The van der Waals surface area contributed by atoms with Crippen LogP contribution in [0.4, 0.5) is 0 Å². The first-order valence-corrected chi connectivity index (χ1v) is 9.38. The van der Waals surface area contributed by atoms with Gasteiger partial charge in [-0.15, -0.1) is 10.2 Å². The summed E-state index contributed by atoms with van der Waals surface area (Å²) < 4.78 is 5.79. The van der Waals surface area contributed by atoms with Gasteiger partial charge in [-0.05, 0) is 25.0 Å². The lowest BCUT2D eigenvalue weighted by Crippen LogP contribution is -2.49. The Balaban J connectivity index is 1.25. The Morgan fingerprint density at radius 1 is 0.923 bits per heavy atom. The van der Waals surface area contributed by atoms with Gasteiger partial charge in [0.05, 0.1) is 13.1 Å². The van der Waals surface area contributed by atoms with Gasteiger partial charge in [-0.3, -0.25) is 14.6 Å². The van der Waals surface area contributed by atoms with E-state index in [1.807, 2.05) is 35.2 Å². The number of piperazine rings is 1. The van der Waals surface area contributed by atoms with Gasteiger partial charge in [-0.2, -0.15) is 0 Å². The number of amides is 1. The Morgan fingerprint density at radius 2 is 1.62 bits per heavy atom. The largest absolute Gasteiger partial charge is 0.419 e. The average Bonchev–Trinajstić information content (AvgIpc) is 3.36. The molecule has 2 fully saturated rings. The second kappa shape index (κ2) is 7.97. The molecule has 3 heterocycles. The average molecular weight is 355 g/mol. The molecule has 26 heavy (non-hydrogen) atoms. The highest BCUT2D eigenvalue weighted by atomic mass is 16.4. The maximum atomic E-state index is 12.3. The van der Waals surface area contributed by atoms with E-state index < -0.39 is 0 Å². The first-order chi connectivity index (χ1) is 12.8. The number of benzene rings is 1. The van der Waals surface area contributed by atoms with Gasteiger partial charge in [0.1, 0.15) is 0 Å². The number of nitrogens with zero attached hydrogens (tertiary/aromatic N) is 5. The van der Waals surface area contributed by atoms with Crippen LogP contribution < -0.4 is 0 Å². The fourth-order valence-electron chi connectivity index (χ4n) is 3.57. The number of hydrogen-bond acceptors (Lipinski definition) is 6. The summed E-state index contributed by atoms with van der Waals surface area (Å²) in [5.41, 5.74) is 0.941. The van der Waals surface area contributed by atoms with Crippen LogP contribution in [0.15, 0.2) is 34.7 Å². The zero-order valence-corrected chi connectivity index (χ0v) is 15.0. The van der Waals surface area contributed by atoms with E-state index in [1.165, 1.54) is 0 Å². The molecule has 0 aliphatic carbocycles. The predicted octanol–water partition coefficient (Wildman–Crippen LogP) is 1.48. The van der Waals surface area contributed by atoms with Crippen LogP contribution in [0.25, 0.3) is 11.5 Å². The quantitative estimate of drug-likeness (QED) is 0.809. The van der Waals surface area contributed by atoms with Crippen molar-refractivity contribution in [3.63, 3.8) is 0 Å². The Morgan fingerprint density at radius 3 is 2.35 bits per heavy atom. The van der Waals surface area contributed by atoms with Gasteiger partial charge >= 0.3 is 0 Å². The summed E-state index contributed by atoms with van der Waals surface area (Å²) in [6.07, 6.45) is 2.29. The topological polar surface area (TPSA) is 65.7 Å². The normalized spacial score (nSPS) is 19.2. The molecule has 2 aliphatic rings. The third-order valence-corrected chi connectivity index (χ3v) is 5.13. The molecule has 7 nitrogen and oxygen atoms in total. The van der Waals surface area contributed by atoms with Crippen LogP contribution in [-0.4, -0.2) is 76.6 Å². The van der Waals surface area contributed by atoms with Crippen LogP contribution in [0.2, 0.25) is 0 Å². The lowest BCUT2D eigenvalue weighted by molar-refractivity contribution is -0.131. The van der Waals surface area contributed by atoms with Gasteiger partial charge in [0.15, 0.2) is 0 Å². The molecular formula is C19H25N5O2. The number of carbonyl (C=O) groups excluding carboxylic acids is 1. The molecule has 0 N–H and O–H groups in total. The summed E-state index contributed by atoms with van der Waals surface area (Å²) in [7, 11) is 0. The lowest BCUT2D eigenvalue weighted by Gasteiger charge is -2.34. The molecule has 0 radical (unpaired) electrons. The highest BCUT2D eigenvalue weighted by molar-refractivity contribution is 5.78. The Hall–Kier alpha value is -2.25. The first kappa shape index (κ1) is 17.2. The van der Waals surface area contributed by atoms with Crippen molar-refractivity contribution in [1.82, 2.24) is 24.9 Å². The molecule has 2 aliphatic heterocycles. The van der Waals surface area contributed by atoms with Crippen molar-refractivity contribution in [3.05, 3.63) is 36.2 Å². The molecule has 2 aromatic rings. The van der Waals surface area contributed by atoms with Crippen LogP contribution in [0.3, 0.4) is 0 Å². The van der Waals surface area contributed by atoms with Gasteiger partial charge in [-0.1, -0.05) is 18.2 Å². The number of likely N-dealkylation sites (tertiary alicyclic amines) is 1. The molecule has 2 saturated heterocycles. The van der Waals surface area contributed by atoms with Gasteiger partial charge in [0.25, 0.3) is 0 Å². The number of rotatable bonds is 5. The van der Waals surface area contributed by atoms with Crippen LogP contribution in [-0.2, 0) is 11.3 Å². The van der Waals surface area contributed by atoms with Crippen molar-refractivity contribution < 1.29 is 9.21 Å². The molecule has 0 unspecified atom stereocenters. The standard InChI is InChI=1S/C19H25N5O2/c25-18(24-8-4-5-9-24)15-23-12-10-22(11-13-23)14-17-20-21-19(26-17)16-6-2-1-3-7-16/h1-3,6-7H,4-5,8-15H2. The maximum Gasteiger partial charge on any atom is 0.247 e. The Kier molecular flexibility index (Phi) is 5.26. The second-order valence-corrected chi connectivity index (χ2v) is 7.01. The molecule has 0 bridgehead atoms. The molecular weight excluding hydrogens is 330 g/mol. The fraction of sp³-hybridized carbons (Fsp3) is 0.526. The zero-order chi connectivity index (χ0) is 17.8. The SMILES string of the molecule is O=C(CN1CCN(Cc2nnc(-c3ccccc3)o2)CC1)N1CCCC1. The van der Waals surface area contributed by atoms with Crippen LogP contribution in [0, 0.1) is 0 Å². The third-order valence-electron chi connectivity index (χ3n) is 5.13. The van der Waals surface area contributed by atoms with Crippen molar-refractivity contribution in [2.75, 3.05) is 45.8 Å². The minimum atomic E-state index is 0.278. The molecule has 0 saturated carbocycles. The molecule has 138 valence electrons. The number of carbonyl (C=O) groups is 1. The smallest absolute Gasteiger partial charge is 0.247 e. The van der Waals surface area contributed by atoms with E-state index >= 15 is 0 Å². The van der Waals surface area contributed by atoms with E-state index in [0.29, 0.717) is 24.9 Å². The molecule has 7 heteroatoms. The molecule has 1 aromatic heterocycles. The van der Waals surface area contributed by atoms with Gasteiger partial charge < -0.3 is 9.32 Å². The minimum Gasteiger partial charge on any atom is -0.419 e. The summed E-state index contributed by atoms with van der Waals surface area (Å²) in [6.45, 7) is 6.70. The molecule has 0 atom stereocenters. The molecule has 4 rings (SSSR count). The van der Waals surface area contributed by atoms with Crippen molar-refractivity contribution in [2.45, 2.75) is 19.4 Å². The van der Waals surface area contributed by atoms with Gasteiger partial charge in [-0.25, -0.2) is 0 Å². The fourth-order valence-corrected chi connectivity index (χ4v) is 3.57. The molecule has 1 aromatic carbocycles. The highest BCUT2D eigenvalue weighted by Crippen LogP contribution is 2.18. The molecule has 1 amide bonds. The minimum absolute atomic E-state index is 0.278. The van der Waals surface area contributed by atoms with Crippen LogP contribution in [0.1, 0.15) is 18.7 Å². The highest BCUT2D eigenvalue weighted by Gasteiger charge is 2.24. The van der Waals surface area contributed by atoms with Crippen molar-refractivity contribution >= 4 is 5.91 Å². The van der Waals surface area contributed by atoms with Crippen molar-refractivity contribution in [2.24, 2.45) is 0 Å². The zero-order valence-electron chi connectivity index (χ0n) is 15.0. The summed E-state index contributed by atoms with van der Waals surface area (Å²) in [6, 6.07) is 9.82. The second-order valence-electron chi connectivity index (χ2n) is 7.01. The summed E-state index contributed by atoms with van der Waals surface area (Å²) >= 11 is 0.